The van der Waals surface area contributed by atoms with Crippen LogP contribution in [0.3, 0.4) is 0 Å². The summed E-state index contributed by atoms with van der Waals surface area (Å²) in [6, 6.07) is 9.30. The third kappa shape index (κ3) is 5.09. The third-order valence-corrected chi connectivity index (χ3v) is 7.65. The molecular weight excluding hydrogens is 362 g/mol. The molecule has 27 heavy (non-hydrogen) atoms. The molecule has 1 amide bonds. The Labute approximate surface area is 162 Å². The second-order valence-electron chi connectivity index (χ2n) is 7.98. The van der Waals surface area contributed by atoms with Gasteiger partial charge in [-0.1, -0.05) is 30.3 Å². The quantitative estimate of drug-likeness (QED) is 0.827. The summed E-state index contributed by atoms with van der Waals surface area (Å²) in [5.41, 5.74) is 6.81. The fraction of sp³-hybridized carbons (Fsp3) is 0.650. The number of carbonyl (C=O) groups excluding carboxylic acids is 1. The molecule has 2 saturated heterocycles. The maximum atomic E-state index is 13.0. The second kappa shape index (κ2) is 8.71. The van der Waals surface area contributed by atoms with Crippen molar-refractivity contribution in [1.82, 2.24) is 9.21 Å². The van der Waals surface area contributed by atoms with Crippen molar-refractivity contribution in [3.8, 4) is 0 Å². The molecule has 2 N–H and O–H groups in total. The summed E-state index contributed by atoms with van der Waals surface area (Å²) in [7, 11) is -3.42. The van der Waals surface area contributed by atoms with Gasteiger partial charge < -0.3 is 10.6 Å². The van der Waals surface area contributed by atoms with Crippen molar-refractivity contribution in [3.05, 3.63) is 35.9 Å². The molecule has 0 bridgehead atoms. The number of benzene rings is 1. The van der Waals surface area contributed by atoms with Gasteiger partial charge in [0, 0.05) is 32.2 Å². The smallest absolute Gasteiger partial charge is 0.227 e. The number of carbonyl (C=O) groups is 1. The molecule has 3 atom stereocenters. The number of rotatable bonds is 5. The minimum Gasteiger partial charge on any atom is -0.342 e. The topological polar surface area (TPSA) is 83.7 Å². The molecule has 2 heterocycles. The summed E-state index contributed by atoms with van der Waals surface area (Å²) in [6.07, 6.45) is 3.52. The van der Waals surface area contributed by atoms with Crippen LogP contribution in [0.1, 0.15) is 38.2 Å². The number of nitrogens with two attached hydrogens (primary N) is 1. The van der Waals surface area contributed by atoms with E-state index in [1.807, 2.05) is 42.2 Å². The summed E-state index contributed by atoms with van der Waals surface area (Å²) >= 11 is 0. The molecule has 2 fully saturated rings. The van der Waals surface area contributed by atoms with Gasteiger partial charge in [-0.15, -0.1) is 0 Å². The van der Waals surface area contributed by atoms with Gasteiger partial charge in [0.1, 0.15) is 0 Å². The lowest BCUT2D eigenvalue weighted by Gasteiger charge is -2.39. The predicted molar refractivity (Wildman–Crippen MR) is 106 cm³/mol. The Morgan fingerprint density at radius 1 is 1.15 bits per heavy atom. The van der Waals surface area contributed by atoms with E-state index >= 15 is 0 Å². The Bertz CT molecular complexity index is 736. The Kier molecular flexibility index (Phi) is 6.55. The van der Waals surface area contributed by atoms with Crippen molar-refractivity contribution in [2.75, 3.05) is 26.2 Å². The molecule has 3 rings (SSSR count). The number of hydrogen-bond acceptors (Lipinski definition) is 4. The van der Waals surface area contributed by atoms with Crippen LogP contribution in [0.15, 0.2) is 30.3 Å². The number of amides is 1. The number of hydrogen-bond donors (Lipinski definition) is 1. The minimum atomic E-state index is -3.42. The SMILES string of the molecule is CC(N)C1CCCN(C(=O)C2CCCN(S(=O)(=O)Cc3ccccc3)C2)C1. The number of nitrogens with zero attached hydrogens (tertiary/aromatic N) is 2. The molecule has 1 aromatic carbocycles. The van der Waals surface area contributed by atoms with Crippen LogP contribution >= 0.6 is 0 Å². The third-order valence-electron chi connectivity index (χ3n) is 5.83. The highest BCUT2D eigenvalue weighted by Crippen LogP contribution is 2.26. The molecule has 0 aliphatic carbocycles. The lowest BCUT2D eigenvalue weighted by molar-refractivity contribution is -0.138. The van der Waals surface area contributed by atoms with E-state index < -0.39 is 10.0 Å². The van der Waals surface area contributed by atoms with Crippen molar-refractivity contribution < 1.29 is 13.2 Å². The zero-order valence-electron chi connectivity index (χ0n) is 16.1. The second-order valence-corrected chi connectivity index (χ2v) is 9.95. The van der Waals surface area contributed by atoms with Gasteiger partial charge in [-0.2, -0.15) is 0 Å². The molecule has 2 aliphatic heterocycles. The molecule has 1 aromatic rings. The molecule has 3 unspecified atom stereocenters. The zero-order valence-corrected chi connectivity index (χ0v) is 16.9. The lowest BCUT2D eigenvalue weighted by Crippen LogP contribution is -2.51. The van der Waals surface area contributed by atoms with Crippen molar-refractivity contribution in [1.29, 1.82) is 0 Å². The van der Waals surface area contributed by atoms with E-state index in [0.29, 0.717) is 25.6 Å². The van der Waals surface area contributed by atoms with E-state index in [-0.39, 0.29) is 23.6 Å². The van der Waals surface area contributed by atoms with Crippen molar-refractivity contribution >= 4 is 15.9 Å². The summed E-state index contributed by atoms with van der Waals surface area (Å²) in [4.78, 5) is 14.9. The highest BCUT2D eigenvalue weighted by molar-refractivity contribution is 7.88. The minimum absolute atomic E-state index is 0.00870. The standard InChI is InChI=1S/C20H31N3O3S/c1-16(21)18-9-5-11-22(13-18)20(24)19-10-6-12-23(14-19)27(25,26)15-17-7-3-2-4-8-17/h2-4,7-8,16,18-19H,5-6,9-15,21H2,1H3. The van der Waals surface area contributed by atoms with E-state index in [2.05, 4.69) is 0 Å². The van der Waals surface area contributed by atoms with Crippen LogP contribution in [-0.4, -0.2) is 55.8 Å². The average molecular weight is 394 g/mol. The van der Waals surface area contributed by atoms with Gasteiger partial charge >= 0.3 is 0 Å². The maximum Gasteiger partial charge on any atom is 0.227 e. The zero-order chi connectivity index (χ0) is 19.4. The van der Waals surface area contributed by atoms with Crippen LogP contribution in [0.5, 0.6) is 0 Å². The van der Waals surface area contributed by atoms with E-state index in [1.165, 1.54) is 4.31 Å². The van der Waals surface area contributed by atoms with E-state index in [1.54, 1.807) is 0 Å². The van der Waals surface area contributed by atoms with Crippen LogP contribution in [0, 0.1) is 11.8 Å². The highest BCUT2D eigenvalue weighted by atomic mass is 32.2. The molecule has 0 spiro atoms. The van der Waals surface area contributed by atoms with Gasteiger partial charge in [0.05, 0.1) is 11.7 Å². The molecule has 0 aromatic heterocycles. The summed E-state index contributed by atoms with van der Waals surface area (Å²) < 4.78 is 27.2. The van der Waals surface area contributed by atoms with Gasteiger partial charge in [0.2, 0.25) is 15.9 Å². The number of piperidine rings is 2. The Morgan fingerprint density at radius 2 is 1.85 bits per heavy atom. The van der Waals surface area contributed by atoms with E-state index in [4.69, 9.17) is 5.73 Å². The molecule has 2 aliphatic rings. The van der Waals surface area contributed by atoms with Gasteiger partial charge in [-0.3, -0.25) is 4.79 Å². The maximum absolute atomic E-state index is 13.0. The van der Waals surface area contributed by atoms with Gasteiger partial charge in [0.15, 0.2) is 0 Å². The Balaban J connectivity index is 1.64. The first-order valence-corrected chi connectivity index (χ1v) is 11.5. The Hall–Kier alpha value is -1.44. The molecule has 0 radical (unpaired) electrons. The fourth-order valence-corrected chi connectivity index (χ4v) is 5.78. The summed E-state index contributed by atoms with van der Waals surface area (Å²) in [6.45, 7) is 4.25. The van der Waals surface area contributed by atoms with Crippen LogP contribution in [-0.2, 0) is 20.6 Å². The van der Waals surface area contributed by atoms with Crippen molar-refractivity contribution in [2.24, 2.45) is 17.6 Å². The Morgan fingerprint density at radius 3 is 2.56 bits per heavy atom. The number of sulfonamides is 1. The molecule has 7 heteroatoms. The van der Waals surface area contributed by atoms with Crippen LogP contribution < -0.4 is 5.73 Å². The van der Waals surface area contributed by atoms with Gasteiger partial charge in [0.25, 0.3) is 0 Å². The molecular formula is C20H31N3O3S. The van der Waals surface area contributed by atoms with E-state index in [9.17, 15) is 13.2 Å². The van der Waals surface area contributed by atoms with Gasteiger partial charge in [-0.25, -0.2) is 12.7 Å². The van der Waals surface area contributed by atoms with Crippen molar-refractivity contribution in [2.45, 2.75) is 44.4 Å². The van der Waals surface area contributed by atoms with Crippen LogP contribution in [0.2, 0.25) is 0 Å². The van der Waals surface area contributed by atoms with E-state index in [0.717, 1.165) is 37.8 Å². The lowest BCUT2D eigenvalue weighted by atomic mass is 9.90. The predicted octanol–water partition coefficient (Wildman–Crippen LogP) is 1.81. The molecule has 6 nitrogen and oxygen atoms in total. The summed E-state index contributed by atoms with van der Waals surface area (Å²) in [5, 5.41) is 0. The summed E-state index contributed by atoms with van der Waals surface area (Å²) in [5.74, 6) is 0.186. The first kappa shape index (κ1) is 20.3. The number of likely N-dealkylation sites (tertiary alicyclic amines) is 1. The first-order chi connectivity index (χ1) is 12.9. The van der Waals surface area contributed by atoms with Gasteiger partial charge in [-0.05, 0) is 44.1 Å². The molecule has 150 valence electrons. The van der Waals surface area contributed by atoms with Crippen molar-refractivity contribution in [3.63, 3.8) is 0 Å². The largest absolute Gasteiger partial charge is 0.342 e. The van der Waals surface area contributed by atoms with Crippen LogP contribution in [0.4, 0.5) is 0 Å². The first-order valence-electron chi connectivity index (χ1n) is 9.93. The normalized spacial score (nSPS) is 25.9. The average Bonchev–Trinajstić information content (AvgIpc) is 2.68. The fourth-order valence-electron chi connectivity index (χ4n) is 4.17. The highest BCUT2D eigenvalue weighted by Gasteiger charge is 2.36. The van der Waals surface area contributed by atoms with Crippen LogP contribution in [0.25, 0.3) is 0 Å². The monoisotopic (exact) mass is 393 g/mol. The molecule has 0 saturated carbocycles.